The van der Waals surface area contributed by atoms with Crippen molar-refractivity contribution in [2.45, 2.75) is 50.9 Å². The van der Waals surface area contributed by atoms with Crippen LogP contribution in [0.5, 0.6) is 0 Å². The first-order valence-electron chi connectivity index (χ1n) is 7.14. The monoisotopic (exact) mass is 283 g/mol. The third-order valence-corrected chi connectivity index (χ3v) is 4.05. The molecule has 1 saturated carbocycles. The average Bonchev–Trinajstić information content (AvgIpc) is 2.40. The standard InChI is InChI=1S/C14H22ClN3O/c1-2-7-18-8-6-16-13(14(18)19)17-10-11-4-3-5-12(15)9-11/h6,8,11-12H,2-5,7,9-10H2,1H3,(H,16,17). The topological polar surface area (TPSA) is 46.9 Å². The molecular weight excluding hydrogens is 262 g/mol. The number of rotatable bonds is 5. The highest BCUT2D eigenvalue weighted by Gasteiger charge is 2.20. The molecule has 0 spiro atoms. The molecule has 2 rings (SSSR count). The zero-order valence-corrected chi connectivity index (χ0v) is 12.2. The highest BCUT2D eigenvalue weighted by atomic mass is 35.5. The normalized spacial score (nSPS) is 23.3. The van der Waals surface area contributed by atoms with E-state index in [0.29, 0.717) is 17.1 Å². The van der Waals surface area contributed by atoms with Crippen LogP contribution in [0.2, 0.25) is 0 Å². The summed E-state index contributed by atoms with van der Waals surface area (Å²) in [5.74, 6) is 1.02. The summed E-state index contributed by atoms with van der Waals surface area (Å²) in [6.45, 7) is 3.59. The number of hydrogen-bond acceptors (Lipinski definition) is 3. The molecule has 1 aromatic heterocycles. The number of hydrogen-bond donors (Lipinski definition) is 1. The summed E-state index contributed by atoms with van der Waals surface area (Å²) >= 11 is 6.18. The Morgan fingerprint density at radius 1 is 1.53 bits per heavy atom. The van der Waals surface area contributed by atoms with Crippen LogP contribution in [-0.2, 0) is 6.54 Å². The second kappa shape index (κ2) is 6.94. The number of alkyl halides is 1. The van der Waals surface area contributed by atoms with Crippen molar-refractivity contribution in [3.05, 3.63) is 22.7 Å². The first kappa shape index (κ1) is 14.4. The van der Waals surface area contributed by atoms with Crippen molar-refractivity contribution < 1.29 is 0 Å². The van der Waals surface area contributed by atoms with Crippen molar-refractivity contribution in [1.29, 1.82) is 0 Å². The van der Waals surface area contributed by atoms with Crippen molar-refractivity contribution in [3.8, 4) is 0 Å². The second-order valence-electron chi connectivity index (χ2n) is 5.29. The number of anilines is 1. The van der Waals surface area contributed by atoms with E-state index >= 15 is 0 Å². The minimum atomic E-state index is -0.0254. The van der Waals surface area contributed by atoms with Gasteiger partial charge >= 0.3 is 0 Å². The fourth-order valence-corrected chi connectivity index (χ4v) is 3.04. The van der Waals surface area contributed by atoms with Crippen LogP contribution in [0.3, 0.4) is 0 Å². The van der Waals surface area contributed by atoms with Gasteiger partial charge in [-0.05, 0) is 31.6 Å². The highest BCUT2D eigenvalue weighted by Crippen LogP contribution is 2.27. The molecule has 0 radical (unpaired) electrons. The average molecular weight is 284 g/mol. The molecule has 1 N–H and O–H groups in total. The molecule has 1 aliphatic rings. The molecule has 4 nitrogen and oxygen atoms in total. The van der Waals surface area contributed by atoms with Crippen LogP contribution in [0.15, 0.2) is 17.2 Å². The molecule has 106 valence electrons. The maximum Gasteiger partial charge on any atom is 0.293 e. The Morgan fingerprint density at radius 2 is 2.37 bits per heavy atom. The van der Waals surface area contributed by atoms with E-state index in [2.05, 4.69) is 17.2 Å². The molecule has 2 atom stereocenters. The summed E-state index contributed by atoms with van der Waals surface area (Å²) in [5, 5.41) is 3.49. The van der Waals surface area contributed by atoms with Gasteiger partial charge in [0, 0.05) is 30.9 Å². The summed E-state index contributed by atoms with van der Waals surface area (Å²) in [6, 6.07) is 0. The molecule has 0 amide bonds. The van der Waals surface area contributed by atoms with Gasteiger partial charge in [-0.1, -0.05) is 13.3 Å². The van der Waals surface area contributed by atoms with Crippen LogP contribution in [0.4, 0.5) is 5.82 Å². The van der Waals surface area contributed by atoms with Crippen LogP contribution in [-0.4, -0.2) is 21.5 Å². The van der Waals surface area contributed by atoms with Crippen molar-refractivity contribution in [1.82, 2.24) is 9.55 Å². The Bertz CT molecular complexity index is 460. The largest absolute Gasteiger partial charge is 0.365 e. The fourth-order valence-electron chi connectivity index (χ4n) is 2.64. The first-order chi connectivity index (χ1) is 9.20. The van der Waals surface area contributed by atoms with E-state index in [4.69, 9.17) is 11.6 Å². The van der Waals surface area contributed by atoms with Gasteiger partial charge in [0.05, 0.1) is 0 Å². The third-order valence-electron chi connectivity index (χ3n) is 3.66. The summed E-state index contributed by atoms with van der Waals surface area (Å²) in [6.07, 6.45) is 8.89. The zero-order chi connectivity index (χ0) is 13.7. The number of aromatic nitrogens is 2. The van der Waals surface area contributed by atoms with E-state index in [-0.39, 0.29) is 5.56 Å². The van der Waals surface area contributed by atoms with E-state index in [0.717, 1.165) is 32.4 Å². The third kappa shape index (κ3) is 3.96. The summed E-state index contributed by atoms with van der Waals surface area (Å²) < 4.78 is 1.71. The summed E-state index contributed by atoms with van der Waals surface area (Å²) in [5.41, 5.74) is -0.0254. The number of aryl methyl sites for hydroxylation is 1. The van der Waals surface area contributed by atoms with E-state index < -0.39 is 0 Å². The minimum Gasteiger partial charge on any atom is -0.365 e. The molecule has 2 unspecified atom stereocenters. The molecule has 1 fully saturated rings. The lowest BCUT2D eigenvalue weighted by molar-refractivity contribution is 0.378. The molecular formula is C14H22ClN3O. The number of nitrogens with zero attached hydrogens (tertiary/aromatic N) is 2. The maximum atomic E-state index is 12.1. The quantitative estimate of drug-likeness (QED) is 0.845. The Morgan fingerprint density at radius 3 is 3.11 bits per heavy atom. The summed E-state index contributed by atoms with van der Waals surface area (Å²) in [4.78, 5) is 16.3. The molecule has 19 heavy (non-hydrogen) atoms. The highest BCUT2D eigenvalue weighted by molar-refractivity contribution is 6.20. The predicted octanol–water partition coefficient (Wildman–Crippen LogP) is 2.86. The predicted molar refractivity (Wildman–Crippen MR) is 78.9 cm³/mol. The Hall–Kier alpha value is -1.03. The molecule has 0 bridgehead atoms. The number of halogens is 1. The van der Waals surface area contributed by atoms with Crippen molar-refractivity contribution in [2.24, 2.45) is 5.92 Å². The van der Waals surface area contributed by atoms with Gasteiger partial charge in [-0.15, -0.1) is 11.6 Å². The van der Waals surface area contributed by atoms with Gasteiger partial charge < -0.3 is 9.88 Å². The molecule has 1 heterocycles. The van der Waals surface area contributed by atoms with E-state index in [9.17, 15) is 4.79 Å². The maximum absolute atomic E-state index is 12.1. The molecule has 1 aromatic rings. The lowest BCUT2D eigenvalue weighted by Crippen LogP contribution is -2.28. The zero-order valence-electron chi connectivity index (χ0n) is 11.4. The van der Waals surface area contributed by atoms with Crippen LogP contribution in [0.25, 0.3) is 0 Å². The molecule has 0 aromatic carbocycles. The van der Waals surface area contributed by atoms with Gasteiger partial charge in [0.2, 0.25) is 0 Å². The van der Waals surface area contributed by atoms with Gasteiger partial charge in [0.15, 0.2) is 5.82 Å². The van der Waals surface area contributed by atoms with Gasteiger partial charge in [0.25, 0.3) is 5.56 Å². The summed E-state index contributed by atoms with van der Waals surface area (Å²) in [7, 11) is 0. The Labute approximate surface area is 119 Å². The fraction of sp³-hybridized carbons (Fsp3) is 0.714. The van der Waals surface area contributed by atoms with Gasteiger partial charge in [-0.25, -0.2) is 4.98 Å². The van der Waals surface area contributed by atoms with E-state index in [1.54, 1.807) is 17.0 Å². The van der Waals surface area contributed by atoms with Crippen LogP contribution < -0.4 is 10.9 Å². The van der Waals surface area contributed by atoms with Gasteiger partial charge in [0.1, 0.15) is 0 Å². The lowest BCUT2D eigenvalue weighted by atomic mass is 9.89. The van der Waals surface area contributed by atoms with Crippen LogP contribution in [0.1, 0.15) is 39.0 Å². The Kier molecular flexibility index (Phi) is 5.25. The first-order valence-corrected chi connectivity index (χ1v) is 7.57. The SMILES string of the molecule is CCCn1ccnc(NCC2CCCC(Cl)C2)c1=O. The van der Waals surface area contributed by atoms with Crippen LogP contribution in [0, 0.1) is 5.92 Å². The minimum absolute atomic E-state index is 0.0254. The van der Waals surface area contributed by atoms with Crippen molar-refractivity contribution in [3.63, 3.8) is 0 Å². The lowest BCUT2D eigenvalue weighted by Gasteiger charge is -2.25. The molecule has 0 saturated heterocycles. The molecule has 0 aliphatic heterocycles. The van der Waals surface area contributed by atoms with Gasteiger partial charge in [-0.2, -0.15) is 0 Å². The molecule has 5 heteroatoms. The number of nitrogens with one attached hydrogen (secondary N) is 1. The second-order valence-corrected chi connectivity index (χ2v) is 5.90. The van der Waals surface area contributed by atoms with Crippen molar-refractivity contribution in [2.75, 3.05) is 11.9 Å². The molecule has 1 aliphatic carbocycles. The van der Waals surface area contributed by atoms with E-state index in [1.807, 2.05) is 0 Å². The Balaban J connectivity index is 1.95. The smallest absolute Gasteiger partial charge is 0.293 e. The van der Waals surface area contributed by atoms with Crippen molar-refractivity contribution >= 4 is 17.4 Å². The van der Waals surface area contributed by atoms with Crippen LogP contribution >= 0.6 is 11.6 Å². The van der Waals surface area contributed by atoms with E-state index in [1.165, 1.54) is 12.8 Å². The van der Waals surface area contributed by atoms with Gasteiger partial charge in [-0.3, -0.25) is 4.79 Å².